The first kappa shape index (κ1) is 14.2. The van der Waals surface area contributed by atoms with Crippen LogP contribution in [-0.4, -0.2) is 27.8 Å². The molecule has 0 aliphatic heterocycles. The lowest BCUT2D eigenvalue weighted by atomic mass is 9.97. The molecule has 0 fully saturated rings. The summed E-state index contributed by atoms with van der Waals surface area (Å²) in [6, 6.07) is 0.145. The molecular formula is C13H14BrN3OS2. The van der Waals surface area contributed by atoms with Gasteiger partial charge in [-0.3, -0.25) is 4.79 Å². The van der Waals surface area contributed by atoms with Crippen molar-refractivity contribution in [1.29, 1.82) is 0 Å². The summed E-state index contributed by atoms with van der Waals surface area (Å²) < 4.78 is 0.635. The van der Waals surface area contributed by atoms with E-state index in [0.717, 1.165) is 24.3 Å². The zero-order valence-corrected chi connectivity index (χ0v) is 14.4. The third-order valence-corrected chi connectivity index (χ3v) is 6.33. The Morgan fingerprint density at radius 3 is 3.05 bits per heavy atom. The van der Waals surface area contributed by atoms with Crippen molar-refractivity contribution in [3.8, 4) is 0 Å². The summed E-state index contributed by atoms with van der Waals surface area (Å²) in [6.07, 6.45) is 3.12. The van der Waals surface area contributed by atoms with Crippen molar-refractivity contribution in [2.75, 3.05) is 7.05 Å². The van der Waals surface area contributed by atoms with Crippen molar-refractivity contribution < 1.29 is 4.79 Å². The summed E-state index contributed by atoms with van der Waals surface area (Å²) in [5.74, 6) is 0.0308. The minimum atomic E-state index is 0.0308. The molecule has 3 rings (SSSR count). The summed E-state index contributed by atoms with van der Waals surface area (Å²) in [6.45, 7) is 2.03. The molecule has 0 aromatic carbocycles. The normalized spacial score (nSPS) is 17.9. The minimum Gasteiger partial charge on any atom is -0.333 e. The lowest BCUT2D eigenvalue weighted by molar-refractivity contribution is 0.0721. The van der Waals surface area contributed by atoms with E-state index in [1.54, 1.807) is 16.8 Å². The maximum atomic E-state index is 12.6. The van der Waals surface area contributed by atoms with Crippen molar-refractivity contribution >= 4 is 44.5 Å². The molecule has 1 aliphatic carbocycles. The fourth-order valence-corrected chi connectivity index (χ4v) is 5.06. The topological polar surface area (TPSA) is 46.1 Å². The molecule has 2 aromatic heterocycles. The Kier molecular flexibility index (Phi) is 3.92. The van der Waals surface area contributed by atoms with Crippen molar-refractivity contribution in [2.45, 2.75) is 32.2 Å². The van der Waals surface area contributed by atoms with Gasteiger partial charge < -0.3 is 4.90 Å². The minimum absolute atomic E-state index is 0.0308. The van der Waals surface area contributed by atoms with E-state index >= 15 is 0 Å². The summed E-state index contributed by atoms with van der Waals surface area (Å²) >= 11 is 6.43. The molecule has 1 atom stereocenters. The van der Waals surface area contributed by atoms with E-state index in [9.17, 15) is 4.79 Å². The van der Waals surface area contributed by atoms with Gasteiger partial charge in [-0.25, -0.2) is 9.97 Å². The van der Waals surface area contributed by atoms with E-state index in [1.807, 2.05) is 18.9 Å². The Labute approximate surface area is 134 Å². The van der Waals surface area contributed by atoms with Gasteiger partial charge in [0, 0.05) is 7.05 Å². The molecule has 1 unspecified atom stereocenters. The number of thiazole rings is 2. The number of carbonyl (C=O) groups excluding carboxylic acids is 1. The van der Waals surface area contributed by atoms with E-state index in [2.05, 4.69) is 25.9 Å². The highest BCUT2D eigenvalue weighted by molar-refractivity contribution is 9.10. The average molecular weight is 372 g/mol. The second kappa shape index (κ2) is 5.54. The van der Waals surface area contributed by atoms with Crippen LogP contribution >= 0.6 is 38.6 Å². The van der Waals surface area contributed by atoms with Gasteiger partial charge in [-0.1, -0.05) is 0 Å². The molecular weight excluding hydrogens is 358 g/mol. The first-order valence-corrected chi connectivity index (χ1v) is 8.89. The summed E-state index contributed by atoms with van der Waals surface area (Å²) in [4.78, 5) is 25.0. The molecule has 20 heavy (non-hydrogen) atoms. The van der Waals surface area contributed by atoms with Gasteiger partial charge in [0.1, 0.15) is 9.48 Å². The lowest BCUT2D eigenvalue weighted by Gasteiger charge is -2.30. The number of aromatic nitrogens is 2. The molecule has 2 heterocycles. The van der Waals surface area contributed by atoms with Crippen molar-refractivity contribution in [2.24, 2.45) is 0 Å². The molecule has 0 N–H and O–H groups in total. The third-order valence-electron chi connectivity index (χ3n) is 3.53. The highest BCUT2D eigenvalue weighted by Gasteiger charge is 2.31. The molecule has 0 saturated carbocycles. The fraction of sp³-hybridized carbons (Fsp3) is 0.462. The zero-order valence-electron chi connectivity index (χ0n) is 11.2. The SMILES string of the molecule is Cc1nc2c(s1)C(N(C)C(=O)c1scnc1Br)CCC2. The monoisotopic (exact) mass is 371 g/mol. The molecule has 2 aromatic rings. The number of hydrogen-bond acceptors (Lipinski definition) is 5. The standard InChI is InChI=1S/C13H14BrN3OS2/c1-7-16-8-4-3-5-9(10(8)20-7)17(2)13(18)11-12(14)15-6-19-11/h6,9H,3-5H2,1-2H3. The number of fused-ring (bicyclic) bond motifs is 1. The average Bonchev–Trinajstić information content (AvgIpc) is 3.01. The van der Waals surface area contributed by atoms with E-state index in [1.165, 1.54) is 21.9 Å². The van der Waals surface area contributed by atoms with Gasteiger partial charge in [-0.05, 0) is 42.1 Å². The Balaban J connectivity index is 1.90. The third kappa shape index (κ3) is 2.42. The largest absolute Gasteiger partial charge is 0.333 e. The molecule has 1 amide bonds. The summed E-state index contributed by atoms with van der Waals surface area (Å²) in [5.41, 5.74) is 2.86. The Bertz CT molecular complexity index is 652. The van der Waals surface area contributed by atoms with Crippen LogP contribution in [-0.2, 0) is 6.42 Å². The van der Waals surface area contributed by atoms with E-state index in [0.29, 0.717) is 9.48 Å². The van der Waals surface area contributed by atoms with Crippen LogP contribution in [0.15, 0.2) is 10.1 Å². The van der Waals surface area contributed by atoms with E-state index in [4.69, 9.17) is 0 Å². The maximum Gasteiger partial charge on any atom is 0.267 e. The predicted molar refractivity (Wildman–Crippen MR) is 84.4 cm³/mol. The van der Waals surface area contributed by atoms with Crippen LogP contribution in [0.25, 0.3) is 0 Å². The number of amides is 1. The van der Waals surface area contributed by atoms with Gasteiger partial charge in [0.05, 0.1) is 27.1 Å². The Morgan fingerprint density at radius 2 is 2.35 bits per heavy atom. The maximum absolute atomic E-state index is 12.6. The molecule has 0 radical (unpaired) electrons. The van der Waals surface area contributed by atoms with E-state index < -0.39 is 0 Å². The van der Waals surface area contributed by atoms with Crippen LogP contribution in [0.3, 0.4) is 0 Å². The molecule has 0 spiro atoms. The smallest absolute Gasteiger partial charge is 0.267 e. The Morgan fingerprint density at radius 1 is 1.55 bits per heavy atom. The summed E-state index contributed by atoms with van der Waals surface area (Å²) in [7, 11) is 1.88. The van der Waals surface area contributed by atoms with Crippen molar-refractivity contribution in [3.63, 3.8) is 0 Å². The van der Waals surface area contributed by atoms with Crippen molar-refractivity contribution in [3.05, 3.63) is 30.6 Å². The van der Waals surface area contributed by atoms with Crippen LogP contribution in [0.4, 0.5) is 0 Å². The van der Waals surface area contributed by atoms with Crippen LogP contribution in [0.5, 0.6) is 0 Å². The lowest BCUT2D eigenvalue weighted by Crippen LogP contribution is -2.32. The number of rotatable bonds is 2. The molecule has 4 nitrogen and oxygen atoms in total. The highest BCUT2D eigenvalue weighted by atomic mass is 79.9. The molecule has 106 valence electrons. The predicted octanol–water partition coefficient (Wildman–Crippen LogP) is 3.82. The van der Waals surface area contributed by atoms with Gasteiger partial charge >= 0.3 is 0 Å². The van der Waals surface area contributed by atoms with Gasteiger partial charge in [0.2, 0.25) is 0 Å². The van der Waals surface area contributed by atoms with Crippen molar-refractivity contribution in [1.82, 2.24) is 14.9 Å². The fourth-order valence-electron chi connectivity index (χ4n) is 2.56. The number of carbonyl (C=O) groups is 1. The van der Waals surface area contributed by atoms with E-state index in [-0.39, 0.29) is 11.9 Å². The molecule has 1 aliphatic rings. The second-order valence-electron chi connectivity index (χ2n) is 4.84. The quantitative estimate of drug-likeness (QED) is 0.805. The molecule has 7 heteroatoms. The van der Waals surface area contributed by atoms with Gasteiger partial charge in [-0.15, -0.1) is 22.7 Å². The first-order chi connectivity index (χ1) is 9.58. The number of halogens is 1. The van der Waals surface area contributed by atoms with Crippen LogP contribution in [0, 0.1) is 6.92 Å². The first-order valence-electron chi connectivity index (χ1n) is 6.40. The van der Waals surface area contributed by atoms with Crippen LogP contribution in [0.2, 0.25) is 0 Å². The molecule has 0 saturated heterocycles. The Hall–Kier alpha value is -0.790. The van der Waals surface area contributed by atoms with Gasteiger partial charge in [0.15, 0.2) is 0 Å². The van der Waals surface area contributed by atoms with Crippen LogP contribution in [0.1, 0.15) is 44.1 Å². The number of hydrogen-bond donors (Lipinski definition) is 0. The van der Waals surface area contributed by atoms with Crippen LogP contribution < -0.4 is 0 Å². The summed E-state index contributed by atoms with van der Waals surface area (Å²) in [5, 5.41) is 1.08. The molecule has 0 bridgehead atoms. The number of aryl methyl sites for hydroxylation is 2. The number of nitrogens with zero attached hydrogens (tertiary/aromatic N) is 3. The highest BCUT2D eigenvalue weighted by Crippen LogP contribution is 2.38. The zero-order chi connectivity index (χ0) is 14.3. The van der Waals surface area contributed by atoms with Gasteiger partial charge in [-0.2, -0.15) is 0 Å². The van der Waals surface area contributed by atoms with Gasteiger partial charge in [0.25, 0.3) is 5.91 Å². The second-order valence-corrected chi connectivity index (χ2v) is 7.68.